The number of nitrogens with one attached hydrogen (secondary N) is 1. The minimum Gasteiger partial charge on any atom is -0.316 e. The molecule has 3 nitrogen and oxygen atoms in total. The van der Waals surface area contributed by atoms with Crippen LogP contribution in [0.1, 0.15) is 54.7 Å². The molecule has 3 heteroatoms. The Morgan fingerprint density at radius 3 is 2.50 bits per heavy atom. The molecule has 86 valence electrons. The first-order valence-corrected chi connectivity index (χ1v) is 6.39. The molecular weight excluding hydrogens is 198 g/mol. The van der Waals surface area contributed by atoms with Crippen LogP contribution in [0.2, 0.25) is 0 Å². The molecular formula is C13H19N3. The van der Waals surface area contributed by atoms with Gasteiger partial charge in [0.15, 0.2) is 0 Å². The van der Waals surface area contributed by atoms with Crippen molar-refractivity contribution in [1.29, 1.82) is 0 Å². The van der Waals surface area contributed by atoms with Crippen molar-refractivity contribution in [2.24, 2.45) is 0 Å². The van der Waals surface area contributed by atoms with Crippen molar-refractivity contribution in [2.75, 3.05) is 13.1 Å². The monoisotopic (exact) mass is 217 g/mol. The highest BCUT2D eigenvalue weighted by Gasteiger charge is 2.27. The van der Waals surface area contributed by atoms with E-state index in [0.29, 0.717) is 5.92 Å². The smallest absolute Gasteiger partial charge is 0.125 e. The van der Waals surface area contributed by atoms with Crippen molar-refractivity contribution >= 4 is 0 Å². The molecule has 0 spiro atoms. The molecule has 2 heterocycles. The lowest BCUT2D eigenvalue weighted by Crippen LogP contribution is -2.29. The van der Waals surface area contributed by atoms with Crippen LogP contribution in [-0.4, -0.2) is 23.1 Å². The number of piperidine rings is 1. The number of hydrogen-bond acceptors (Lipinski definition) is 3. The molecule has 1 saturated heterocycles. The summed E-state index contributed by atoms with van der Waals surface area (Å²) >= 11 is 0. The van der Waals surface area contributed by atoms with Crippen LogP contribution in [0, 0.1) is 6.92 Å². The molecule has 1 aromatic rings. The van der Waals surface area contributed by atoms with E-state index >= 15 is 0 Å². The van der Waals surface area contributed by atoms with Crippen LogP contribution in [0.3, 0.4) is 0 Å². The first-order valence-electron chi connectivity index (χ1n) is 6.39. The first-order chi connectivity index (χ1) is 7.83. The Morgan fingerprint density at radius 1 is 1.12 bits per heavy atom. The molecule has 1 N–H and O–H groups in total. The Labute approximate surface area is 96.7 Å². The highest BCUT2D eigenvalue weighted by molar-refractivity contribution is 5.22. The van der Waals surface area contributed by atoms with Gasteiger partial charge in [-0.05, 0) is 45.2 Å². The highest BCUT2D eigenvalue weighted by Crippen LogP contribution is 2.39. The second-order valence-electron chi connectivity index (χ2n) is 5.08. The Kier molecular flexibility index (Phi) is 2.64. The summed E-state index contributed by atoms with van der Waals surface area (Å²) in [6.07, 6.45) is 5.18. The third-order valence-corrected chi connectivity index (χ3v) is 3.59. The van der Waals surface area contributed by atoms with Gasteiger partial charge < -0.3 is 5.32 Å². The molecule has 2 fully saturated rings. The zero-order chi connectivity index (χ0) is 11.0. The second kappa shape index (κ2) is 4.13. The topological polar surface area (TPSA) is 37.8 Å². The van der Waals surface area contributed by atoms with Gasteiger partial charge in [0.05, 0.1) is 0 Å². The predicted octanol–water partition coefficient (Wildman–Crippen LogP) is 2.13. The van der Waals surface area contributed by atoms with Gasteiger partial charge in [-0.15, -0.1) is 0 Å². The van der Waals surface area contributed by atoms with Gasteiger partial charge in [-0.3, -0.25) is 0 Å². The quantitative estimate of drug-likeness (QED) is 0.824. The summed E-state index contributed by atoms with van der Waals surface area (Å²) in [5, 5.41) is 3.46. The maximum Gasteiger partial charge on any atom is 0.125 e. The summed E-state index contributed by atoms with van der Waals surface area (Å²) in [5.74, 6) is 2.29. The largest absolute Gasteiger partial charge is 0.316 e. The van der Waals surface area contributed by atoms with Gasteiger partial charge in [0, 0.05) is 29.8 Å². The van der Waals surface area contributed by atoms with E-state index in [4.69, 9.17) is 0 Å². The van der Waals surface area contributed by atoms with E-state index < -0.39 is 0 Å². The SMILES string of the molecule is Cc1nc(C2CC2)cc(C2CCCNC2)n1. The van der Waals surface area contributed by atoms with Crippen LogP contribution in [0.15, 0.2) is 6.07 Å². The van der Waals surface area contributed by atoms with Gasteiger partial charge in [0.2, 0.25) is 0 Å². The highest BCUT2D eigenvalue weighted by atomic mass is 14.9. The molecule has 16 heavy (non-hydrogen) atoms. The molecule has 1 aliphatic heterocycles. The molecule has 1 saturated carbocycles. The predicted molar refractivity (Wildman–Crippen MR) is 63.6 cm³/mol. The average molecular weight is 217 g/mol. The normalized spacial score (nSPS) is 25.7. The number of rotatable bonds is 2. The summed E-state index contributed by atoms with van der Waals surface area (Å²) in [6.45, 7) is 4.27. The van der Waals surface area contributed by atoms with Gasteiger partial charge in [-0.25, -0.2) is 9.97 Å². The lowest BCUT2D eigenvalue weighted by atomic mass is 9.95. The average Bonchev–Trinajstić information content (AvgIpc) is 3.13. The van der Waals surface area contributed by atoms with Crippen molar-refractivity contribution < 1.29 is 0 Å². The van der Waals surface area contributed by atoms with E-state index in [-0.39, 0.29) is 0 Å². The van der Waals surface area contributed by atoms with Gasteiger partial charge >= 0.3 is 0 Å². The number of hydrogen-bond donors (Lipinski definition) is 1. The maximum absolute atomic E-state index is 4.62. The Balaban J connectivity index is 1.86. The van der Waals surface area contributed by atoms with Crippen molar-refractivity contribution in [2.45, 2.75) is 44.4 Å². The zero-order valence-electron chi connectivity index (χ0n) is 9.87. The standard InChI is InChI=1S/C13H19N3/c1-9-15-12(10-4-5-10)7-13(16-9)11-3-2-6-14-8-11/h7,10-11,14H,2-6,8H2,1H3. The Bertz CT molecular complexity index is 379. The number of nitrogens with zero attached hydrogens (tertiary/aromatic N) is 2. The van der Waals surface area contributed by atoms with E-state index in [1.54, 1.807) is 0 Å². The fourth-order valence-electron chi connectivity index (χ4n) is 2.52. The molecule has 1 aliphatic carbocycles. The van der Waals surface area contributed by atoms with Gasteiger partial charge in [0.1, 0.15) is 5.82 Å². The third-order valence-electron chi connectivity index (χ3n) is 3.59. The summed E-state index contributed by atoms with van der Waals surface area (Å²) < 4.78 is 0. The van der Waals surface area contributed by atoms with E-state index in [1.165, 1.54) is 37.1 Å². The summed E-state index contributed by atoms with van der Waals surface area (Å²) in [5.41, 5.74) is 2.55. The number of aryl methyl sites for hydroxylation is 1. The van der Waals surface area contributed by atoms with Crippen LogP contribution in [-0.2, 0) is 0 Å². The summed E-state index contributed by atoms with van der Waals surface area (Å²) in [7, 11) is 0. The summed E-state index contributed by atoms with van der Waals surface area (Å²) in [6, 6.07) is 2.25. The molecule has 1 aromatic heterocycles. The van der Waals surface area contributed by atoms with Crippen LogP contribution >= 0.6 is 0 Å². The van der Waals surface area contributed by atoms with E-state index in [0.717, 1.165) is 24.8 Å². The van der Waals surface area contributed by atoms with Crippen molar-refractivity contribution in [3.8, 4) is 0 Å². The third kappa shape index (κ3) is 2.09. The lowest BCUT2D eigenvalue weighted by molar-refractivity contribution is 0.453. The molecule has 0 aromatic carbocycles. The first kappa shape index (κ1) is 10.2. The number of aromatic nitrogens is 2. The van der Waals surface area contributed by atoms with Crippen molar-refractivity contribution in [1.82, 2.24) is 15.3 Å². The van der Waals surface area contributed by atoms with Gasteiger partial charge in [-0.1, -0.05) is 0 Å². The van der Waals surface area contributed by atoms with Gasteiger partial charge in [0.25, 0.3) is 0 Å². The van der Waals surface area contributed by atoms with Crippen molar-refractivity contribution in [3.63, 3.8) is 0 Å². The fraction of sp³-hybridized carbons (Fsp3) is 0.692. The van der Waals surface area contributed by atoms with Crippen LogP contribution < -0.4 is 5.32 Å². The van der Waals surface area contributed by atoms with Crippen LogP contribution in [0.25, 0.3) is 0 Å². The van der Waals surface area contributed by atoms with E-state index in [9.17, 15) is 0 Å². The Hall–Kier alpha value is -0.960. The molecule has 0 amide bonds. The molecule has 1 atom stereocenters. The minimum absolute atomic E-state index is 0.605. The maximum atomic E-state index is 4.62. The lowest BCUT2D eigenvalue weighted by Gasteiger charge is -2.22. The molecule has 1 unspecified atom stereocenters. The van der Waals surface area contributed by atoms with Crippen molar-refractivity contribution in [3.05, 3.63) is 23.3 Å². The minimum atomic E-state index is 0.605. The van der Waals surface area contributed by atoms with Crippen LogP contribution in [0.5, 0.6) is 0 Å². The zero-order valence-corrected chi connectivity index (χ0v) is 9.87. The fourth-order valence-corrected chi connectivity index (χ4v) is 2.52. The van der Waals surface area contributed by atoms with E-state index in [1.807, 2.05) is 6.92 Å². The molecule has 0 bridgehead atoms. The van der Waals surface area contributed by atoms with E-state index in [2.05, 4.69) is 21.4 Å². The second-order valence-corrected chi connectivity index (χ2v) is 5.08. The molecule has 2 aliphatic rings. The molecule has 3 rings (SSSR count). The Morgan fingerprint density at radius 2 is 1.88 bits per heavy atom. The molecule has 0 radical (unpaired) electrons. The van der Waals surface area contributed by atoms with Crippen LogP contribution in [0.4, 0.5) is 0 Å². The van der Waals surface area contributed by atoms with Gasteiger partial charge in [-0.2, -0.15) is 0 Å². The summed E-state index contributed by atoms with van der Waals surface area (Å²) in [4.78, 5) is 9.18.